The quantitative estimate of drug-likeness (QED) is 0.136. The summed E-state index contributed by atoms with van der Waals surface area (Å²) in [5.74, 6) is -0.140. The first-order valence-corrected chi connectivity index (χ1v) is 17.6. The summed E-state index contributed by atoms with van der Waals surface area (Å²) in [6.07, 6.45) is 1.86. The first-order chi connectivity index (χ1) is 23.1. The lowest BCUT2D eigenvalue weighted by Crippen LogP contribution is -2.53. The molecule has 0 saturated heterocycles. The maximum absolute atomic E-state index is 14.7. The van der Waals surface area contributed by atoms with Crippen LogP contribution in [0.5, 0.6) is 11.5 Å². The van der Waals surface area contributed by atoms with E-state index in [-0.39, 0.29) is 40.2 Å². The van der Waals surface area contributed by atoms with Crippen molar-refractivity contribution in [2.24, 2.45) is 0 Å². The summed E-state index contributed by atoms with van der Waals surface area (Å²) >= 11 is 6.38. The topological polar surface area (TPSA) is 105 Å². The Hall–Kier alpha value is -4.54. The van der Waals surface area contributed by atoms with Crippen molar-refractivity contribution >= 4 is 39.1 Å². The van der Waals surface area contributed by atoms with Crippen LogP contribution in [0.15, 0.2) is 102 Å². The summed E-state index contributed by atoms with van der Waals surface area (Å²) in [5.41, 5.74) is 2.51. The first-order valence-electron chi connectivity index (χ1n) is 15.7. The highest BCUT2D eigenvalue weighted by molar-refractivity contribution is 7.92. The molecule has 0 spiro atoms. The van der Waals surface area contributed by atoms with Gasteiger partial charge in [-0.3, -0.25) is 13.9 Å². The second-order valence-electron chi connectivity index (χ2n) is 11.4. The van der Waals surface area contributed by atoms with Gasteiger partial charge in [-0.15, -0.1) is 0 Å². The van der Waals surface area contributed by atoms with E-state index in [0.29, 0.717) is 17.9 Å². The van der Waals surface area contributed by atoms with Crippen molar-refractivity contribution in [3.63, 3.8) is 0 Å². The largest absolute Gasteiger partial charge is 0.497 e. The number of methoxy groups -OCH3 is 2. The molecule has 1 N–H and O–H groups in total. The van der Waals surface area contributed by atoms with E-state index in [9.17, 15) is 18.0 Å². The number of hydrogen-bond donors (Lipinski definition) is 1. The zero-order chi connectivity index (χ0) is 34.7. The zero-order valence-corrected chi connectivity index (χ0v) is 29.3. The van der Waals surface area contributed by atoms with E-state index in [4.69, 9.17) is 21.1 Å². The number of benzene rings is 4. The van der Waals surface area contributed by atoms with Gasteiger partial charge in [0.15, 0.2) is 0 Å². The van der Waals surface area contributed by atoms with E-state index in [2.05, 4.69) is 5.32 Å². The van der Waals surface area contributed by atoms with Gasteiger partial charge in [0.2, 0.25) is 11.8 Å². The van der Waals surface area contributed by atoms with Crippen LogP contribution < -0.4 is 19.1 Å². The second-order valence-corrected chi connectivity index (χ2v) is 13.7. The third kappa shape index (κ3) is 9.29. The minimum Gasteiger partial charge on any atom is -0.497 e. The normalized spacial score (nSPS) is 11.8. The van der Waals surface area contributed by atoms with Crippen molar-refractivity contribution in [3.8, 4) is 11.5 Å². The van der Waals surface area contributed by atoms with E-state index < -0.39 is 28.5 Å². The van der Waals surface area contributed by atoms with Crippen LogP contribution in [0.1, 0.15) is 36.5 Å². The minimum atomic E-state index is -4.33. The Balaban J connectivity index is 1.85. The number of carbonyl (C=O) groups is 2. The molecule has 0 saturated carbocycles. The fourth-order valence-corrected chi connectivity index (χ4v) is 6.82. The molecule has 254 valence electrons. The fraction of sp³-hybridized carbons (Fsp3) is 0.297. The zero-order valence-electron chi connectivity index (χ0n) is 27.7. The van der Waals surface area contributed by atoms with Crippen LogP contribution >= 0.6 is 11.6 Å². The Morgan fingerprint density at radius 3 is 2.25 bits per heavy atom. The number of halogens is 1. The number of aryl methyl sites for hydroxylation is 1. The summed E-state index contributed by atoms with van der Waals surface area (Å²) in [6, 6.07) is 26.6. The van der Waals surface area contributed by atoms with E-state index in [0.717, 1.165) is 28.3 Å². The molecule has 9 nitrogen and oxygen atoms in total. The number of nitrogens with zero attached hydrogens (tertiary/aromatic N) is 2. The molecule has 0 aliphatic heterocycles. The number of hydrogen-bond acceptors (Lipinski definition) is 6. The molecule has 4 aromatic carbocycles. The molecule has 0 radical (unpaired) electrons. The number of sulfonamides is 1. The molecule has 2 amide bonds. The molecule has 0 aliphatic rings. The molecule has 11 heteroatoms. The molecule has 0 heterocycles. The second kappa shape index (κ2) is 17.0. The maximum atomic E-state index is 14.7. The Morgan fingerprint density at radius 1 is 0.875 bits per heavy atom. The predicted molar refractivity (Wildman–Crippen MR) is 189 cm³/mol. The van der Waals surface area contributed by atoms with Gasteiger partial charge >= 0.3 is 0 Å². The lowest BCUT2D eigenvalue weighted by Gasteiger charge is -2.34. The number of rotatable bonds is 16. The molecule has 1 atom stereocenters. The Labute approximate surface area is 288 Å². The number of amides is 2. The molecule has 0 fully saturated rings. The van der Waals surface area contributed by atoms with Crippen LogP contribution in [0.25, 0.3) is 0 Å². The van der Waals surface area contributed by atoms with Crippen LogP contribution in [-0.4, -0.2) is 58.5 Å². The lowest BCUT2D eigenvalue weighted by atomic mass is 10.0. The molecule has 0 aliphatic carbocycles. The Kier molecular flexibility index (Phi) is 12.9. The predicted octanol–water partition coefficient (Wildman–Crippen LogP) is 6.42. The number of anilines is 1. The summed E-state index contributed by atoms with van der Waals surface area (Å²) in [6.45, 7) is 3.70. The molecule has 0 bridgehead atoms. The van der Waals surface area contributed by atoms with E-state index in [1.165, 1.54) is 30.2 Å². The molecule has 0 unspecified atom stereocenters. The first kappa shape index (κ1) is 36.3. The number of carbonyl (C=O) groups excluding carboxylic acids is 2. The van der Waals surface area contributed by atoms with Gasteiger partial charge < -0.3 is 19.7 Å². The average molecular weight is 692 g/mol. The standard InChI is InChI=1S/C37H42ClN3O6S/c1-5-6-21-39-37(43)34(23-28-11-8-7-9-12-28)40(25-29-13-10-14-31(22-29)46-3)36(42)26-41(33-24-30(38)17-20-35(33)47-4)48(44,45)32-18-15-27(2)16-19-32/h7-20,22,24,34H,5-6,21,23,25-26H2,1-4H3,(H,39,43)/t34-/m0/s1. The SMILES string of the molecule is CCCCNC(=O)[C@H](Cc1ccccc1)N(Cc1cccc(OC)c1)C(=O)CN(c1cc(Cl)ccc1OC)S(=O)(=O)c1ccc(C)cc1. The van der Waals surface area contributed by atoms with Crippen molar-refractivity contribution in [2.45, 2.75) is 50.6 Å². The van der Waals surface area contributed by atoms with E-state index in [1.807, 2.05) is 50.2 Å². The monoisotopic (exact) mass is 691 g/mol. The molecule has 4 rings (SSSR count). The van der Waals surface area contributed by atoms with Gasteiger partial charge in [0.25, 0.3) is 10.0 Å². The van der Waals surface area contributed by atoms with E-state index in [1.54, 1.807) is 49.6 Å². The maximum Gasteiger partial charge on any atom is 0.264 e. The molecular weight excluding hydrogens is 650 g/mol. The lowest BCUT2D eigenvalue weighted by molar-refractivity contribution is -0.140. The highest BCUT2D eigenvalue weighted by atomic mass is 35.5. The van der Waals surface area contributed by atoms with Crippen molar-refractivity contribution in [1.29, 1.82) is 0 Å². The molecule has 4 aromatic rings. The summed E-state index contributed by atoms with van der Waals surface area (Å²) in [7, 11) is -1.37. The number of unbranched alkanes of at least 4 members (excludes halogenated alkanes) is 1. The van der Waals surface area contributed by atoms with Gasteiger partial charge in [0.05, 0.1) is 24.8 Å². The van der Waals surface area contributed by atoms with Crippen molar-refractivity contribution < 1.29 is 27.5 Å². The van der Waals surface area contributed by atoms with Crippen LogP contribution in [0, 0.1) is 6.92 Å². The minimum absolute atomic E-state index is 0.0135. The van der Waals surface area contributed by atoms with Crippen molar-refractivity contribution in [3.05, 3.63) is 119 Å². The average Bonchev–Trinajstić information content (AvgIpc) is 3.09. The molecule has 48 heavy (non-hydrogen) atoms. The third-order valence-electron chi connectivity index (χ3n) is 7.89. The van der Waals surface area contributed by atoms with Crippen LogP contribution in [0.4, 0.5) is 5.69 Å². The van der Waals surface area contributed by atoms with Crippen molar-refractivity contribution in [1.82, 2.24) is 10.2 Å². The Morgan fingerprint density at radius 2 is 1.58 bits per heavy atom. The smallest absolute Gasteiger partial charge is 0.264 e. The number of ether oxygens (including phenoxy) is 2. The van der Waals surface area contributed by atoms with Gasteiger partial charge in [0, 0.05) is 24.5 Å². The molecular formula is C37H42ClN3O6S. The summed E-state index contributed by atoms with van der Waals surface area (Å²) in [5, 5.41) is 3.25. The summed E-state index contributed by atoms with van der Waals surface area (Å²) < 4.78 is 40.7. The van der Waals surface area contributed by atoms with Gasteiger partial charge in [0.1, 0.15) is 24.1 Å². The Bertz CT molecular complexity index is 1780. The highest BCUT2D eigenvalue weighted by Gasteiger charge is 2.35. The number of nitrogens with one attached hydrogen (secondary N) is 1. The van der Waals surface area contributed by atoms with Crippen molar-refractivity contribution in [2.75, 3.05) is 31.6 Å². The van der Waals surface area contributed by atoms with Gasteiger partial charge in [-0.25, -0.2) is 8.42 Å². The van der Waals surface area contributed by atoms with E-state index >= 15 is 0 Å². The third-order valence-corrected chi connectivity index (χ3v) is 9.89. The van der Waals surface area contributed by atoms with Gasteiger partial charge in [-0.1, -0.05) is 85.1 Å². The van der Waals surface area contributed by atoms with Crippen LogP contribution in [0.3, 0.4) is 0 Å². The highest BCUT2D eigenvalue weighted by Crippen LogP contribution is 2.35. The summed E-state index contributed by atoms with van der Waals surface area (Å²) in [4.78, 5) is 30.1. The van der Waals surface area contributed by atoms with Crippen LogP contribution in [0.2, 0.25) is 5.02 Å². The van der Waals surface area contributed by atoms with Crippen LogP contribution in [-0.2, 0) is 32.6 Å². The van der Waals surface area contributed by atoms with Gasteiger partial charge in [-0.05, 0) is 66.9 Å². The molecule has 0 aromatic heterocycles. The van der Waals surface area contributed by atoms with Gasteiger partial charge in [-0.2, -0.15) is 0 Å². The fourth-order valence-electron chi connectivity index (χ4n) is 5.24.